The maximum atomic E-state index is 11.5. The largest absolute Gasteiger partial charge is 0.355 e. The predicted molar refractivity (Wildman–Crippen MR) is 58.5 cm³/mol. The maximum Gasteiger partial charge on any atom is 0.237 e. The van der Waals surface area contributed by atoms with E-state index in [0.717, 1.165) is 6.42 Å². The SMILES string of the molecule is C#CCCCNC(=O)[C@H](N)C(C)(C)C. The van der Waals surface area contributed by atoms with Crippen LogP contribution in [0, 0.1) is 17.8 Å². The van der Waals surface area contributed by atoms with Crippen LogP contribution in [0.4, 0.5) is 0 Å². The van der Waals surface area contributed by atoms with Gasteiger partial charge in [-0.25, -0.2) is 0 Å². The number of carbonyl (C=O) groups is 1. The van der Waals surface area contributed by atoms with Gasteiger partial charge in [-0.3, -0.25) is 4.79 Å². The van der Waals surface area contributed by atoms with Gasteiger partial charge in [-0.1, -0.05) is 20.8 Å². The monoisotopic (exact) mass is 196 g/mol. The number of unbranched alkanes of at least 4 members (excludes halogenated alkanes) is 1. The van der Waals surface area contributed by atoms with Crippen LogP contribution in [0.3, 0.4) is 0 Å². The minimum atomic E-state index is -0.465. The number of amides is 1. The van der Waals surface area contributed by atoms with E-state index in [2.05, 4.69) is 11.2 Å². The minimum Gasteiger partial charge on any atom is -0.355 e. The number of hydrogen-bond acceptors (Lipinski definition) is 2. The summed E-state index contributed by atoms with van der Waals surface area (Å²) < 4.78 is 0. The number of rotatable bonds is 4. The topological polar surface area (TPSA) is 55.1 Å². The molecule has 0 aliphatic carbocycles. The van der Waals surface area contributed by atoms with Crippen LogP contribution in [0.2, 0.25) is 0 Å². The highest BCUT2D eigenvalue weighted by Gasteiger charge is 2.26. The van der Waals surface area contributed by atoms with Crippen molar-refractivity contribution in [1.29, 1.82) is 0 Å². The molecule has 0 aliphatic heterocycles. The van der Waals surface area contributed by atoms with Gasteiger partial charge in [0.1, 0.15) is 0 Å². The fraction of sp³-hybridized carbons (Fsp3) is 0.727. The molecule has 3 N–H and O–H groups in total. The fourth-order valence-electron chi connectivity index (χ4n) is 0.905. The molecule has 1 amide bonds. The second kappa shape index (κ2) is 5.66. The number of nitrogens with one attached hydrogen (secondary N) is 1. The summed E-state index contributed by atoms with van der Waals surface area (Å²) in [5.41, 5.74) is 5.56. The van der Waals surface area contributed by atoms with Gasteiger partial charge in [0.25, 0.3) is 0 Å². The second-order valence-corrected chi connectivity index (χ2v) is 4.44. The van der Waals surface area contributed by atoms with Gasteiger partial charge in [0.2, 0.25) is 5.91 Å². The van der Waals surface area contributed by atoms with E-state index in [1.807, 2.05) is 20.8 Å². The summed E-state index contributed by atoms with van der Waals surface area (Å²) in [5.74, 6) is 2.42. The van der Waals surface area contributed by atoms with Crippen LogP contribution in [0.15, 0.2) is 0 Å². The van der Waals surface area contributed by atoms with E-state index in [9.17, 15) is 4.79 Å². The summed E-state index contributed by atoms with van der Waals surface area (Å²) >= 11 is 0. The first kappa shape index (κ1) is 13.0. The van der Waals surface area contributed by atoms with Gasteiger partial charge in [-0.15, -0.1) is 12.3 Å². The fourth-order valence-corrected chi connectivity index (χ4v) is 0.905. The lowest BCUT2D eigenvalue weighted by atomic mass is 9.87. The van der Waals surface area contributed by atoms with Crippen molar-refractivity contribution in [2.75, 3.05) is 6.54 Å². The van der Waals surface area contributed by atoms with E-state index in [1.165, 1.54) is 0 Å². The molecular weight excluding hydrogens is 176 g/mol. The summed E-state index contributed by atoms with van der Waals surface area (Å²) in [6, 6.07) is -0.465. The van der Waals surface area contributed by atoms with Crippen LogP contribution in [0.5, 0.6) is 0 Å². The smallest absolute Gasteiger partial charge is 0.237 e. The molecule has 1 atom stereocenters. The number of terminal acetylenes is 1. The van der Waals surface area contributed by atoms with E-state index in [-0.39, 0.29) is 11.3 Å². The Morgan fingerprint density at radius 3 is 2.57 bits per heavy atom. The van der Waals surface area contributed by atoms with Crippen molar-refractivity contribution in [1.82, 2.24) is 5.32 Å². The molecule has 0 aromatic rings. The Hall–Kier alpha value is -1.01. The molecule has 0 aromatic heterocycles. The standard InChI is InChI=1S/C11H20N2O/c1-5-6-7-8-13-10(14)9(12)11(2,3)4/h1,9H,6-8,12H2,2-4H3,(H,13,14)/t9-/m0/s1. The lowest BCUT2D eigenvalue weighted by Gasteiger charge is -2.25. The van der Waals surface area contributed by atoms with Gasteiger partial charge in [0.05, 0.1) is 6.04 Å². The summed E-state index contributed by atoms with van der Waals surface area (Å²) in [4.78, 5) is 11.5. The molecule has 80 valence electrons. The third-order valence-corrected chi connectivity index (χ3v) is 2.01. The van der Waals surface area contributed by atoms with Crippen LogP contribution in [0.1, 0.15) is 33.6 Å². The van der Waals surface area contributed by atoms with E-state index in [0.29, 0.717) is 13.0 Å². The van der Waals surface area contributed by atoms with E-state index in [1.54, 1.807) is 0 Å². The number of carbonyl (C=O) groups excluding carboxylic acids is 1. The third-order valence-electron chi connectivity index (χ3n) is 2.01. The van der Waals surface area contributed by atoms with Gasteiger partial charge in [-0.05, 0) is 11.8 Å². The first-order valence-corrected chi connectivity index (χ1v) is 4.86. The van der Waals surface area contributed by atoms with Crippen LogP contribution in [-0.2, 0) is 4.79 Å². The zero-order valence-electron chi connectivity index (χ0n) is 9.26. The van der Waals surface area contributed by atoms with Crippen molar-refractivity contribution in [2.24, 2.45) is 11.1 Å². The van der Waals surface area contributed by atoms with Crippen LogP contribution in [-0.4, -0.2) is 18.5 Å². The Morgan fingerprint density at radius 1 is 1.57 bits per heavy atom. The average Bonchev–Trinajstić information content (AvgIpc) is 2.09. The van der Waals surface area contributed by atoms with Crippen molar-refractivity contribution < 1.29 is 4.79 Å². The zero-order chi connectivity index (χ0) is 11.2. The Balaban J connectivity index is 3.81. The molecule has 0 aliphatic rings. The molecule has 0 saturated carbocycles. The van der Waals surface area contributed by atoms with Crippen LogP contribution in [0.25, 0.3) is 0 Å². The highest BCUT2D eigenvalue weighted by atomic mass is 16.2. The number of hydrogen-bond donors (Lipinski definition) is 2. The molecular formula is C11H20N2O. The van der Waals surface area contributed by atoms with Crippen molar-refractivity contribution in [3.63, 3.8) is 0 Å². The lowest BCUT2D eigenvalue weighted by molar-refractivity contribution is -0.124. The van der Waals surface area contributed by atoms with Gasteiger partial charge < -0.3 is 11.1 Å². The quantitative estimate of drug-likeness (QED) is 0.518. The van der Waals surface area contributed by atoms with Crippen molar-refractivity contribution in [2.45, 2.75) is 39.7 Å². The Kier molecular flexibility index (Phi) is 5.26. The molecule has 0 aromatic carbocycles. The van der Waals surface area contributed by atoms with Gasteiger partial charge >= 0.3 is 0 Å². The van der Waals surface area contributed by atoms with E-state index >= 15 is 0 Å². The van der Waals surface area contributed by atoms with Crippen LogP contribution >= 0.6 is 0 Å². The molecule has 0 radical (unpaired) electrons. The van der Waals surface area contributed by atoms with Gasteiger partial charge in [0.15, 0.2) is 0 Å². The minimum absolute atomic E-state index is 0.102. The predicted octanol–water partition coefficient (Wildman–Crippen LogP) is 0.889. The summed E-state index contributed by atoms with van der Waals surface area (Å²) in [6.45, 7) is 6.43. The van der Waals surface area contributed by atoms with Crippen molar-refractivity contribution in [3.05, 3.63) is 0 Å². The first-order chi connectivity index (χ1) is 6.39. The summed E-state index contributed by atoms with van der Waals surface area (Å²) in [5, 5.41) is 2.76. The van der Waals surface area contributed by atoms with E-state index in [4.69, 9.17) is 12.2 Å². The van der Waals surface area contributed by atoms with E-state index < -0.39 is 6.04 Å². The molecule has 0 unspecified atom stereocenters. The maximum absolute atomic E-state index is 11.5. The van der Waals surface area contributed by atoms with Crippen molar-refractivity contribution in [3.8, 4) is 12.3 Å². The van der Waals surface area contributed by atoms with Crippen LogP contribution < -0.4 is 11.1 Å². The number of nitrogens with two attached hydrogens (primary N) is 1. The molecule has 0 bridgehead atoms. The van der Waals surface area contributed by atoms with Gasteiger partial charge in [-0.2, -0.15) is 0 Å². The second-order valence-electron chi connectivity index (χ2n) is 4.44. The Labute approximate surface area is 86.4 Å². The Morgan fingerprint density at radius 2 is 2.14 bits per heavy atom. The average molecular weight is 196 g/mol. The highest BCUT2D eigenvalue weighted by molar-refractivity contribution is 5.82. The van der Waals surface area contributed by atoms with Crippen molar-refractivity contribution >= 4 is 5.91 Å². The molecule has 0 spiro atoms. The lowest BCUT2D eigenvalue weighted by Crippen LogP contribution is -2.48. The third kappa shape index (κ3) is 4.88. The normalized spacial score (nSPS) is 13.1. The molecule has 14 heavy (non-hydrogen) atoms. The summed E-state index contributed by atoms with van der Waals surface area (Å²) in [6.07, 6.45) is 6.58. The highest BCUT2D eigenvalue weighted by Crippen LogP contribution is 2.16. The summed E-state index contributed by atoms with van der Waals surface area (Å²) in [7, 11) is 0. The molecule has 3 nitrogen and oxygen atoms in total. The van der Waals surface area contributed by atoms with Gasteiger partial charge in [0, 0.05) is 13.0 Å². The molecule has 0 heterocycles. The zero-order valence-corrected chi connectivity index (χ0v) is 9.26. The first-order valence-electron chi connectivity index (χ1n) is 4.86. The molecule has 3 heteroatoms. The Bertz CT molecular complexity index is 222. The molecule has 0 fully saturated rings. The molecule has 0 saturated heterocycles. The molecule has 0 rings (SSSR count).